The molecule has 2 N–H and O–H groups in total. The van der Waals surface area contributed by atoms with Crippen molar-refractivity contribution in [2.75, 3.05) is 11.3 Å². The molecule has 2 rings (SSSR count). The van der Waals surface area contributed by atoms with Gasteiger partial charge in [0.25, 0.3) is 0 Å². The van der Waals surface area contributed by atoms with Crippen LogP contribution in [0.2, 0.25) is 0 Å². The van der Waals surface area contributed by atoms with E-state index in [0.717, 1.165) is 22.9 Å². The van der Waals surface area contributed by atoms with Crippen LogP contribution >= 0.6 is 15.9 Å². The quantitative estimate of drug-likeness (QED) is 0.832. The summed E-state index contributed by atoms with van der Waals surface area (Å²) in [6, 6.07) is 6.05. The van der Waals surface area contributed by atoms with Crippen molar-refractivity contribution < 1.29 is 8.42 Å². The molecule has 4 nitrogen and oxygen atoms in total. The molecule has 0 aromatic heterocycles. The minimum Gasteiger partial charge on any atom is -0.313 e. The maximum Gasteiger partial charge on any atom is 0.236 e. The highest BCUT2D eigenvalue weighted by atomic mass is 79.9. The molecule has 1 atom stereocenters. The average molecular weight is 347 g/mol. The van der Waals surface area contributed by atoms with Crippen molar-refractivity contribution >= 4 is 31.6 Å². The van der Waals surface area contributed by atoms with E-state index in [1.807, 2.05) is 19.1 Å². The lowest BCUT2D eigenvalue weighted by Gasteiger charge is -2.16. The molecule has 1 unspecified atom stereocenters. The van der Waals surface area contributed by atoms with Crippen molar-refractivity contribution in [3.8, 4) is 0 Å². The molecule has 19 heavy (non-hydrogen) atoms. The van der Waals surface area contributed by atoms with Crippen molar-refractivity contribution in [3.05, 3.63) is 28.2 Å². The normalized spacial score (nSPS) is 17.2. The monoisotopic (exact) mass is 346 g/mol. The van der Waals surface area contributed by atoms with Crippen molar-refractivity contribution in [1.29, 1.82) is 0 Å². The van der Waals surface area contributed by atoms with Gasteiger partial charge in [-0.1, -0.05) is 12.1 Å². The Bertz CT molecular complexity index is 556. The molecule has 0 radical (unpaired) electrons. The SMILES string of the molecule is Cc1cccc(NS(=O)(=O)C(C)CNC2CC2)c1Br. The zero-order valence-electron chi connectivity index (χ0n) is 11.1. The van der Waals surface area contributed by atoms with Gasteiger partial charge in [0.1, 0.15) is 0 Å². The zero-order valence-corrected chi connectivity index (χ0v) is 13.5. The van der Waals surface area contributed by atoms with E-state index in [1.54, 1.807) is 13.0 Å². The molecule has 0 spiro atoms. The first-order chi connectivity index (χ1) is 8.90. The first-order valence-electron chi connectivity index (χ1n) is 6.40. The summed E-state index contributed by atoms with van der Waals surface area (Å²) in [5, 5.41) is 2.79. The second-order valence-corrected chi connectivity index (χ2v) is 7.97. The molecule has 0 aliphatic heterocycles. The molecular formula is C13H19BrN2O2S. The third-order valence-electron chi connectivity index (χ3n) is 3.25. The molecule has 1 fully saturated rings. The summed E-state index contributed by atoms with van der Waals surface area (Å²) in [4.78, 5) is 0. The number of hydrogen-bond acceptors (Lipinski definition) is 3. The van der Waals surface area contributed by atoms with Gasteiger partial charge in [-0.25, -0.2) is 8.42 Å². The maximum absolute atomic E-state index is 12.2. The van der Waals surface area contributed by atoms with Gasteiger partial charge < -0.3 is 5.32 Å². The number of benzene rings is 1. The Morgan fingerprint density at radius 3 is 2.74 bits per heavy atom. The van der Waals surface area contributed by atoms with Gasteiger partial charge in [0.05, 0.1) is 10.9 Å². The number of sulfonamides is 1. The molecule has 1 aromatic rings. The predicted molar refractivity (Wildman–Crippen MR) is 81.9 cm³/mol. The van der Waals surface area contributed by atoms with Gasteiger partial charge in [0.15, 0.2) is 0 Å². The molecular weight excluding hydrogens is 328 g/mol. The fourth-order valence-electron chi connectivity index (χ4n) is 1.71. The van der Waals surface area contributed by atoms with Gasteiger partial charge in [-0.3, -0.25) is 4.72 Å². The summed E-state index contributed by atoms with van der Waals surface area (Å²) in [5.74, 6) is 0. The van der Waals surface area contributed by atoms with Crippen LogP contribution < -0.4 is 10.0 Å². The van der Waals surface area contributed by atoms with Crippen LogP contribution in [0, 0.1) is 6.92 Å². The molecule has 6 heteroatoms. The summed E-state index contributed by atoms with van der Waals surface area (Å²) in [7, 11) is -3.36. The van der Waals surface area contributed by atoms with Crippen LogP contribution in [-0.2, 0) is 10.0 Å². The zero-order chi connectivity index (χ0) is 14.0. The highest BCUT2D eigenvalue weighted by Crippen LogP contribution is 2.27. The van der Waals surface area contributed by atoms with Gasteiger partial charge >= 0.3 is 0 Å². The van der Waals surface area contributed by atoms with Crippen molar-refractivity contribution in [2.24, 2.45) is 0 Å². The molecule has 0 heterocycles. The third kappa shape index (κ3) is 3.94. The first-order valence-corrected chi connectivity index (χ1v) is 8.74. The Balaban J connectivity index is 2.04. The number of anilines is 1. The lowest BCUT2D eigenvalue weighted by atomic mass is 10.2. The Morgan fingerprint density at radius 1 is 1.42 bits per heavy atom. The van der Waals surface area contributed by atoms with Crippen LogP contribution in [0.4, 0.5) is 5.69 Å². The van der Waals surface area contributed by atoms with Crippen LogP contribution in [0.3, 0.4) is 0 Å². The van der Waals surface area contributed by atoms with Crippen LogP contribution in [0.25, 0.3) is 0 Å². The maximum atomic E-state index is 12.2. The third-order valence-corrected chi connectivity index (χ3v) is 6.03. The van der Waals surface area contributed by atoms with Crippen LogP contribution in [-0.4, -0.2) is 26.3 Å². The van der Waals surface area contributed by atoms with Crippen LogP contribution in [0.1, 0.15) is 25.3 Å². The van der Waals surface area contributed by atoms with Gasteiger partial charge in [-0.05, 0) is 54.2 Å². The second kappa shape index (κ2) is 5.81. The van der Waals surface area contributed by atoms with Gasteiger partial charge in [0.2, 0.25) is 10.0 Å². The number of halogens is 1. The van der Waals surface area contributed by atoms with Gasteiger partial charge in [-0.15, -0.1) is 0 Å². The number of aryl methyl sites for hydroxylation is 1. The average Bonchev–Trinajstić information content (AvgIpc) is 3.15. The summed E-state index contributed by atoms with van der Waals surface area (Å²) in [6.07, 6.45) is 2.31. The van der Waals surface area contributed by atoms with Gasteiger partial charge in [-0.2, -0.15) is 0 Å². The fourth-order valence-corrected chi connectivity index (χ4v) is 3.20. The molecule has 1 aliphatic rings. The van der Waals surface area contributed by atoms with E-state index < -0.39 is 15.3 Å². The van der Waals surface area contributed by atoms with E-state index in [2.05, 4.69) is 26.0 Å². The topological polar surface area (TPSA) is 58.2 Å². The van der Waals surface area contributed by atoms with Crippen LogP contribution in [0.5, 0.6) is 0 Å². The van der Waals surface area contributed by atoms with E-state index in [4.69, 9.17) is 0 Å². The Hall–Kier alpha value is -0.590. The second-order valence-electron chi connectivity index (χ2n) is 5.08. The van der Waals surface area contributed by atoms with E-state index in [9.17, 15) is 8.42 Å². The van der Waals surface area contributed by atoms with Crippen LogP contribution in [0.15, 0.2) is 22.7 Å². The Kier molecular flexibility index (Phi) is 4.53. The van der Waals surface area contributed by atoms with E-state index in [0.29, 0.717) is 18.3 Å². The summed E-state index contributed by atoms with van der Waals surface area (Å²) < 4.78 is 27.9. The summed E-state index contributed by atoms with van der Waals surface area (Å²) in [5.41, 5.74) is 1.60. The van der Waals surface area contributed by atoms with Gasteiger partial charge in [0, 0.05) is 17.1 Å². The standard InChI is InChI=1S/C13H19BrN2O2S/c1-9-4-3-5-12(13(9)14)16-19(17,18)10(2)8-15-11-6-7-11/h3-5,10-11,15-16H,6-8H2,1-2H3. The number of hydrogen-bond donors (Lipinski definition) is 2. The highest BCUT2D eigenvalue weighted by molar-refractivity contribution is 9.10. The van der Waals surface area contributed by atoms with E-state index >= 15 is 0 Å². The van der Waals surface area contributed by atoms with Crippen molar-refractivity contribution in [1.82, 2.24) is 5.32 Å². The lowest BCUT2D eigenvalue weighted by Crippen LogP contribution is -2.35. The van der Waals surface area contributed by atoms with Crippen molar-refractivity contribution in [2.45, 2.75) is 38.0 Å². The highest BCUT2D eigenvalue weighted by Gasteiger charge is 2.26. The number of rotatable bonds is 6. The molecule has 0 amide bonds. The molecule has 1 aromatic carbocycles. The summed E-state index contributed by atoms with van der Waals surface area (Å²) >= 11 is 3.41. The summed E-state index contributed by atoms with van der Waals surface area (Å²) in [6.45, 7) is 4.14. The number of nitrogens with one attached hydrogen (secondary N) is 2. The molecule has 0 bridgehead atoms. The predicted octanol–water partition coefficient (Wildman–Crippen LogP) is 2.64. The largest absolute Gasteiger partial charge is 0.313 e. The fraction of sp³-hybridized carbons (Fsp3) is 0.538. The lowest BCUT2D eigenvalue weighted by molar-refractivity contribution is 0.576. The van der Waals surface area contributed by atoms with Crippen molar-refractivity contribution in [3.63, 3.8) is 0 Å². The molecule has 1 aliphatic carbocycles. The minimum absolute atomic E-state index is 0.458. The minimum atomic E-state index is -3.36. The molecule has 1 saturated carbocycles. The van der Waals surface area contributed by atoms with E-state index in [1.165, 1.54) is 0 Å². The van der Waals surface area contributed by atoms with E-state index in [-0.39, 0.29) is 0 Å². The Morgan fingerprint density at radius 2 is 2.11 bits per heavy atom. The molecule has 106 valence electrons. The first kappa shape index (κ1) is 14.8. The molecule has 0 saturated heterocycles. The smallest absolute Gasteiger partial charge is 0.236 e. The Labute approximate surface area is 123 Å².